The first-order chi connectivity index (χ1) is 13.2. The number of rotatable bonds is 10. The summed E-state index contributed by atoms with van der Waals surface area (Å²) in [6.45, 7) is 12.4. The van der Waals surface area contributed by atoms with Gasteiger partial charge < -0.3 is 20.4 Å². The molecule has 2 N–H and O–H groups in total. The fraction of sp³-hybridized carbons (Fsp3) is 0.955. The topological polar surface area (TPSA) is 42.9 Å². The highest BCUT2D eigenvalue weighted by Gasteiger charge is 2.15. The van der Waals surface area contributed by atoms with Crippen molar-refractivity contribution in [3.63, 3.8) is 0 Å². The molecule has 0 radical (unpaired) electrons. The van der Waals surface area contributed by atoms with Crippen LogP contribution in [0.15, 0.2) is 4.99 Å². The molecule has 0 aromatic rings. The zero-order valence-electron chi connectivity index (χ0n) is 18.7. The van der Waals surface area contributed by atoms with E-state index < -0.39 is 0 Å². The molecule has 1 saturated heterocycles. The SMILES string of the molecule is CCNC(=NCCCCN1CCN(C)CC1)NC(C)CCC1CCCCC1.I. The van der Waals surface area contributed by atoms with Crippen LogP contribution in [0.4, 0.5) is 0 Å². The number of unbranched alkanes of at least 4 members (excludes halogenated alkanes) is 1. The summed E-state index contributed by atoms with van der Waals surface area (Å²) in [5.74, 6) is 1.98. The molecular weight excluding hydrogens is 461 g/mol. The van der Waals surface area contributed by atoms with Crippen molar-refractivity contribution in [2.75, 3.05) is 52.9 Å². The number of likely N-dealkylation sites (N-methyl/N-ethyl adjacent to an activating group) is 1. The molecule has 0 spiro atoms. The van der Waals surface area contributed by atoms with E-state index in [0.29, 0.717) is 6.04 Å². The minimum atomic E-state index is 0. The molecule has 1 heterocycles. The number of aliphatic imine (C=N–C) groups is 1. The Balaban J connectivity index is 0.00000392. The van der Waals surface area contributed by atoms with Gasteiger partial charge in [0, 0.05) is 45.3 Å². The van der Waals surface area contributed by atoms with Crippen LogP contribution < -0.4 is 10.6 Å². The van der Waals surface area contributed by atoms with E-state index in [2.05, 4.69) is 41.3 Å². The second-order valence-electron chi connectivity index (χ2n) is 8.74. The quantitative estimate of drug-likeness (QED) is 0.204. The van der Waals surface area contributed by atoms with Crippen LogP contribution in [0, 0.1) is 5.92 Å². The average molecular weight is 508 g/mol. The maximum absolute atomic E-state index is 4.81. The zero-order chi connectivity index (χ0) is 19.3. The van der Waals surface area contributed by atoms with E-state index in [1.807, 2.05) is 0 Å². The summed E-state index contributed by atoms with van der Waals surface area (Å²) in [5, 5.41) is 7.05. The normalized spacial score (nSPS) is 21.2. The van der Waals surface area contributed by atoms with Crippen molar-refractivity contribution in [1.82, 2.24) is 20.4 Å². The number of piperazine rings is 1. The van der Waals surface area contributed by atoms with Crippen LogP contribution >= 0.6 is 24.0 Å². The molecular formula is C22H46IN5. The monoisotopic (exact) mass is 507 g/mol. The smallest absolute Gasteiger partial charge is 0.191 e. The van der Waals surface area contributed by atoms with Gasteiger partial charge in [0.05, 0.1) is 0 Å². The van der Waals surface area contributed by atoms with Crippen LogP contribution in [0.3, 0.4) is 0 Å². The average Bonchev–Trinajstić information content (AvgIpc) is 2.68. The molecule has 1 saturated carbocycles. The summed E-state index contributed by atoms with van der Waals surface area (Å²) in [6, 6.07) is 0.509. The number of nitrogens with zero attached hydrogens (tertiary/aromatic N) is 3. The third-order valence-electron chi connectivity index (χ3n) is 6.21. The van der Waals surface area contributed by atoms with Crippen LogP contribution in [0.25, 0.3) is 0 Å². The predicted molar refractivity (Wildman–Crippen MR) is 133 cm³/mol. The fourth-order valence-corrected chi connectivity index (χ4v) is 4.30. The Morgan fingerprint density at radius 3 is 2.46 bits per heavy atom. The summed E-state index contributed by atoms with van der Waals surface area (Å²) in [6.07, 6.45) is 12.3. The van der Waals surface area contributed by atoms with Crippen LogP contribution in [0.5, 0.6) is 0 Å². The van der Waals surface area contributed by atoms with Crippen molar-refractivity contribution in [2.24, 2.45) is 10.9 Å². The second-order valence-corrected chi connectivity index (χ2v) is 8.74. The third kappa shape index (κ3) is 11.2. The number of nitrogens with one attached hydrogen (secondary N) is 2. The molecule has 0 amide bonds. The standard InChI is InChI=1S/C22H45N5.HI/c1-4-23-22(25-20(2)12-13-21-10-6-5-7-11-21)24-14-8-9-15-27-18-16-26(3)17-19-27;/h20-21H,4-19H2,1-3H3,(H2,23,24,25);1H. The van der Waals surface area contributed by atoms with E-state index in [0.717, 1.165) is 25.0 Å². The Bertz CT molecular complexity index is 404. The van der Waals surface area contributed by atoms with Gasteiger partial charge in [0.1, 0.15) is 0 Å². The van der Waals surface area contributed by atoms with Crippen molar-refractivity contribution in [3.05, 3.63) is 0 Å². The highest BCUT2D eigenvalue weighted by atomic mass is 127. The molecule has 28 heavy (non-hydrogen) atoms. The molecule has 6 heteroatoms. The molecule has 0 aromatic carbocycles. The highest BCUT2D eigenvalue weighted by molar-refractivity contribution is 14.0. The Kier molecular flexibility index (Phi) is 14.6. The first-order valence-corrected chi connectivity index (χ1v) is 11.6. The molecule has 0 bridgehead atoms. The zero-order valence-corrected chi connectivity index (χ0v) is 21.0. The van der Waals surface area contributed by atoms with Gasteiger partial charge in [0.15, 0.2) is 5.96 Å². The number of guanidine groups is 1. The van der Waals surface area contributed by atoms with Crippen molar-refractivity contribution >= 4 is 29.9 Å². The molecule has 0 aromatic heterocycles. The van der Waals surface area contributed by atoms with Gasteiger partial charge in [-0.1, -0.05) is 32.1 Å². The van der Waals surface area contributed by atoms with Gasteiger partial charge in [-0.05, 0) is 59.0 Å². The largest absolute Gasteiger partial charge is 0.357 e. The lowest BCUT2D eigenvalue weighted by molar-refractivity contribution is 0.152. The van der Waals surface area contributed by atoms with Crippen molar-refractivity contribution < 1.29 is 0 Å². The summed E-state index contributed by atoms with van der Waals surface area (Å²) < 4.78 is 0. The molecule has 1 aliphatic heterocycles. The molecule has 2 fully saturated rings. The minimum absolute atomic E-state index is 0. The van der Waals surface area contributed by atoms with E-state index in [1.54, 1.807) is 0 Å². The van der Waals surface area contributed by atoms with Crippen LogP contribution in [0.1, 0.15) is 71.6 Å². The van der Waals surface area contributed by atoms with E-state index in [4.69, 9.17) is 4.99 Å². The Labute approximate surface area is 191 Å². The summed E-state index contributed by atoms with van der Waals surface area (Å²) in [7, 11) is 2.22. The van der Waals surface area contributed by atoms with Crippen molar-refractivity contribution in [2.45, 2.75) is 77.7 Å². The second kappa shape index (κ2) is 15.7. The summed E-state index contributed by atoms with van der Waals surface area (Å²) >= 11 is 0. The molecule has 2 rings (SSSR count). The van der Waals surface area contributed by atoms with Gasteiger partial charge in [-0.3, -0.25) is 4.99 Å². The van der Waals surface area contributed by atoms with Crippen molar-refractivity contribution in [3.8, 4) is 0 Å². The lowest BCUT2D eigenvalue weighted by Crippen LogP contribution is -2.44. The number of hydrogen-bond acceptors (Lipinski definition) is 3. The maximum Gasteiger partial charge on any atom is 0.191 e. The van der Waals surface area contributed by atoms with E-state index in [9.17, 15) is 0 Å². The minimum Gasteiger partial charge on any atom is -0.357 e. The van der Waals surface area contributed by atoms with Gasteiger partial charge in [0.2, 0.25) is 0 Å². The highest BCUT2D eigenvalue weighted by Crippen LogP contribution is 2.27. The fourth-order valence-electron chi connectivity index (χ4n) is 4.30. The Hall–Kier alpha value is -0.0800. The molecule has 2 aliphatic rings. The Morgan fingerprint density at radius 1 is 1.07 bits per heavy atom. The van der Waals surface area contributed by atoms with Gasteiger partial charge in [0.25, 0.3) is 0 Å². The van der Waals surface area contributed by atoms with E-state index >= 15 is 0 Å². The lowest BCUT2D eigenvalue weighted by atomic mass is 9.85. The van der Waals surface area contributed by atoms with E-state index in [1.165, 1.54) is 90.5 Å². The molecule has 166 valence electrons. The van der Waals surface area contributed by atoms with Gasteiger partial charge >= 0.3 is 0 Å². The molecule has 1 aliphatic carbocycles. The summed E-state index contributed by atoms with van der Waals surface area (Å²) in [4.78, 5) is 9.83. The molecule has 1 unspecified atom stereocenters. The predicted octanol–water partition coefficient (Wildman–Crippen LogP) is 3.94. The van der Waals surface area contributed by atoms with Gasteiger partial charge in [-0.15, -0.1) is 24.0 Å². The Morgan fingerprint density at radius 2 is 1.79 bits per heavy atom. The van der Waals surface area contributed by atoms with Crippen LogP contribution in [-0.2, 0) is 0 Å². The van der Waals surface area contributed by atoms with E-state index in [-0.39, 0.29) is 24.0 Å². The van der Waals surface area contributed by atoms with Crippen LogP contribution in [-0.4, -0.2) is 74.7 Å². The first-order valence-electron chi connectivity index (χ1n) is 11.6. The lowest BCUT2D eigenvalue weighted by Gasteiger charge is -2.32. The summed E-state index contributed by atoms with van der Waals surface area (Å²) in [5.41, 5.74) is 0. The van der Waals surface area contributed by atoms with Gasteiger partial charge in [-0.25, -0.2) is 0 Å². The maximum atomic E-state index is 4.81. The van der Waals surface area contributed by atoms with Crippen molar-refractivity contribution in [1.29, 1.82) is 0 Å². The number of hydrogen-bond donors (Lipinski definition) is 2. The molecule has 1 atom stereocenters. The van der Waals surface area contributed by atoms with Crippen LogP contribution in [0.2, 0.25) is 0 Å². The number of halogens is 1. The third-order valence-corrected chi connectivity index (χ3v) is 6.21. The van der Waals surface area contributed by atoms with Gasteiger partial charge in [-0.2, -0.15) is 0 Å². The first kappa shape index (κ1) is 26.0. The molecule has 5 nitrogen and oxygen atoms in total.